The Morgan fingerprint density at radius 3 is 2.75 bits per heavy atom. The summed E-state index contributed by atoms with van der Waals surface area (Å²) in [5, 5.41) is 0.177. The molecule has 1 fully saturated rings. The quantitative estimate of drug-likeness (QED) is 0.853. The fourth-order valence-electron chi connectivity index (χ4n) is 2.54. The van der Waals surface area contributed by atoms with Crippen LogP contribution < -0.4 is 0 Å². The molecule has 1 aromatic carbocycles. The molecule has 0 aromatic heterocycles. The molecular weight excluding hydrogens is 281 g/mol. The number of amides is 1. The Labute approximate surface area is 123 Å². The summed E-state index contributed by atoms with van der Waals surface area (Å²) < 4.78 is 18.1. The van der Waals surface area contributed by atoms with E-state index in [1.54, 1.807) is 12.0 Å². The molecular formula is C15H19ClFNO2. The van der Waals surface area contributed by atoms with Gasteiger partial charge < -0.3 is 9.64 Å². The van der Waals surface area contributed by atoms with E-state index in [4.69, 9.17) is 16.3 Å². The third-order valence-corrected chi connectivity index (χ3v) is 4.11. The number of rotatable bonds is 4. The van der Waals surface area contributed by atoms with E-state index in [1.165, 1.54) is 18.2 Å². The van der Waals surface area contributed by atoms with Crippen LogP contribution in [0.2, 0.25) is 5.02 Å². The number of carbonyl (C=O) groups is 1. The number of hydrogen-bond acceptors (Lipinski definition) is 2. The van der Waals surface area contributed by atoms with Gasteiger partial charge in [0.2, 0.25) is 0 Å². The monoisotopic (exact) mass is 299 g/mol. The Morgan fingerprint density at radius 1 is 1.45 bits per heavy atom. The number of nitrogens with zero attached hydrogens (tertiary/aromatic N) is 1. The summed E-state index contributed by atoms with van der Waals surface area (Å²) >= 11 is 5.94. The van der Waals surface area contributed by atoms with E-state index in [2.05, 4.69) is 0 Å². The van der Waals surface area contributed by atoms with E-state index < -0.39 is 5.82 Å². The van der Waals surface area contributed by atoms with E-state index >= 15 is 0 Å². The molecule has 0 saturated carbocycles. The van der Waals surface area contributed by atoms with E-state index in [9.17, 15) is 9.18 Å². The SMILES string of the molecule is COCCC1CCN(C(=O)c2ccc(F)cc2Cl)CC1. The van der Waals surface area contributed by atoms with Crippen LogP contribution in [0, 0.1) is 11.7 Å². The highest BCUT2D eigenvalue weighted by molar-refractivity contribution is 6.33. The third kappa shape index (κ3) is 3.70. The van der Waals surface area contributed by atoms with Gasteiger partial charge in [0.15, 0.2) is 0 Å². The van der Waals surface area contributed by atoms with Crippen molar-refractivity contribution in [3.8, 4) is 0 Å². The summed E-state index contributed by atoms with van der Waals surface area (Å²) in [4.78, 5) is 14.1. The van der Waals surface area contributed by atoms with Gasteiger partial charge >= 0.3 is 0 Å². The van der Waals surface area contributed by atoms with Crippen LogP contribution in [0.4, 0.5) is 4.39 Å². The summed E-state index contributed by atoms with van der Waals surface area (Å²) in [6.45, 7) is 2.21. The number of hydrogen-bond donors (Lipinski definition) is 0. The smallest absolute Gasteiger partial charge is 0.255 e. The van der Waals surface area contributed by atoms with Crippen LogP contribution in [0.5, 0.6) is 0 Å². The summed E-state index contributed by atoms with van der Waals surface area (Å²) in [6, 6.07) is 3.90. The summed E-state index contributed by atoms with van der Waals surface area (Å²) in [5.74, 6) is 0.0766. The highest BCUT2D eigenvalue weighted by Crippen LogP contribution is 2.24. The van der Waals surface area contributed by atoms with Crippen molar-refractivity contribution in [2.45, 2.75) is 19.3 Å². The van der Waals surface area contributed by atoms with E-state index in [0.29, 0.717) is 11.5 Å². The molecule has 110 valence electrons. The Balaban J connectivity index is 1.94. The second-order valence-electron chi connectivity index (χ2n) is 5.14. The number of piperidine rings is 1. The van der Waals surface area contributed by atoms with Gasteiger partial charge in [-0.25, -0.2) is 4.39 Å². The lowest BCUT2D eigenvalue weighted by Crippen LogP contribution is -2.38. The summed E-state index contributed by atoms with van der Waals surface area (Å²) in [5.41, 5.74) is 0.378. The van der Waals surface area contributed by atoms with Crippen LogP contribution in [0.15, 0.2) is 18.2 Å². The molecule has 0 unspecified atom stereocenters. The Hall–Kier alpha value is -1.13. The first-order chi connectivity index (χ1) is 9.61. The van der Waals surface area contributed by atoms with Gasteiger partial charge in [0.05, 0.1) is 10.6 Å². The van der Waals surface area contributed by atoms with E-state index in [-0.39, 0.29) is 10.9 Å². The highest BCUT2D eigenvalue weighted by atomic mass is 35.5. The molecule has 2 rings (SSSR count). The van der Waals surface area contributed by atoms with Crippen molar-refractivity contribution in [3.05, 3.63) is 34.6 Å². The zero-order valence-corrected chi connectivity index (χ0v) is 12.3. The van der Waals surface area contributed by atoms with E-state index in [0.717, 1.165) is 39.0 Å². The van der Waals surface area contributed by atoms with Crippen LogP contribution in [0.25, 0.3) is 0 Å². The lowest BCUT2D eigenvalue weighted by Gasteiger charge is -2.32. The molecule has 1 amide bonds. The second kappa shape index (κ2) is 7.04. The standard InChI is InChI=1S/C15H19ClFNO2/c1-20-9-6-11-4-7-18(8-5-11)15(19)13-3-2-12(17)10-14(13)16/h2-3,10-11H,4-9H2,1H3. The van der Waals surface area contributed by atoms with Gasteiger partial charge in [-0.2, -0.15) is 0 Å². The number of methoxy groups -OCH3 is 1. The molecule has 0 spiro atoms. The maximum absolute atomic E-state index is 13.0. The van der Waals surface area contributed by atoms with Gasteiger partial charge in [-0.3, -0.25) is 4.79 Å². The first kappa shape index (κ1) is 15.3. The Morgan fingerprint density at radius 2 is 2.15 bits per heavy atom. The molecule has 0 N–H and O–H groups in total. The Bertz CT molecular complexity index is 473. The molecule has 0 bridgehead atoms. The second-order valence-corrected chi connectivity index (χ2v) is 5.55. The average molecular weight is 300 g/mol. The third-order valence-electron chi connectivity index (χ3n) is 3.79. The maximum Gasteiger partial charge on any atom is 0.255 e. The number of ether oxygens (including phenoxy) is 1. The zero-order valence-electron chi connectivity index (χ0n) is 11.6. The van der Waals surface area contributed by atoms with Gasteiger partial charge in [-0.1, -0.05) is 11.6 Å². The average Bonchev–Trinajstić information content (AvgIpc) is 2.45. The van der Waals surface area contributed by atoms with Crippen molar-refractivity contribution in [1.29, 1.82) is 0 Å². The van der Waals surface area contributed by atoms with Crippen molar-refractivity contribution in [3.63, 3.8) is 0 Å². The molecule has 1 aliphatic heterocycles. The van der Waals surface area contributed by atoms with Crippen LogP contribution in [-0.2, 0) is 4.74 Å². The number of benzene rings is 1. The van der Waals surface area contributed by atoms with Gasteiger partial charge in [0.25, 0.3) is 5.91 Å². The van der Waals surface area contributed by atoms with Crippen molar-refractivity contribution in [1.82, 2.24) is 4.90 Å². The Kier molecular flexibility index (Phi) is 5.38. The minimum absolute atomic E-state index is 0.111. The van der Waals surface area contributed by atoms with Crippen LogP contribution >= 0.6 is 11.6 Å². The summed E-state index contributed by atoms with van der Waals surface area (Å²) in [7, 11) is 1.70. The van der Waals surface area contributed by atoms with E-state index in [1.807, 2.05) is 0 Å². The fraction of sp³-hybridized carbons (Fsp3) is 0.533. The van der Waals surface area contributed by atoms with Crippen molar-refractivity contribution < 1.29 is 13.9 Å². The van der Waals surface area contributed by atoms with Crippen LogP contribution in [0.1, 0.15) is 29.6 Å². The molecule has 1 saturated heterocycles. The predicted molar refractivity (Wildman–Crippen MR) is 76.5 cm³/mol. The maximum atomic E-state index is 13.0. The predicted octanol–water partition coefficient (Wildman–Crippen LogP) is 3.37. The van der Waals surface area contributed by atoms with Gasteiger partial charge in [0, 0.05) is 26.8 Å². The topological polar surface area (TPSA) is 29.5 Å². The first-order valence-corrected chi connectivity index (χ1v) is 7.23. The molecule has 0 radical (unpaired) electrons. The summed E-state index contributed by atoms with van der Waals surface area (Å²) in [6.07, 6.45) is 3.00. The van der Waals surface area contributed by atoms with Crippen LogP contribution in [-0.4, -0.2) is 37.6 Å². The first-order valence-electron chi connectivity index (χ1n) is 6.85. The molecule has 0 atom stereocenters. The number of halogens is 2. The molecule has 1 aromatic rings. The largest absolute Gasteiger partial charge is 0.385 e. The highest BCUT2D eigenvalue weighted by Gasteiger charge is 2.24. The normalized spacial score (nSPS) is 16.4. The van der Waals surface area contributed by atoms with Crippen LogP contribution in [0.3, 0.4) is 0 Å². The molecule has 1 heterocycles. The number of carbonyl (C=O) groups excluding carboxylic acids is 1. The minimum atomic E-state index is -0.426. The minimum Gasteiger partial charge on any atom is -0.385 e. The number of likely N-dealkylation sites (tertiary alicyclic amines) is 1. The molecule has 0 aliphatic carbocycles. The lowest BCUT2D eigenvalue weighted by molar-refractivity contribution is 0.0670. The van der Waals surface area contributed by atoms with Gasteiger partial charge in [0.1, 0.15) is 5.82 Å². The lowest BCUT2D eigenvalue weighted by atomic mass is 9.93. The molecule has 5 heteroatoms. The molecule has 20 heavy (non-hydrogen) atoms. The van der Waals surface area contributed by atoms with Gasteiger partial charge in [-0.15, -0.1) is 0 Å². The van der Waals surface area contributed by atoms with Gasteiger partial charge in [-0.05, 0) is 43.4 Å². The fourth-order valence-corrected chi connectivity index (χ4v) is 2.79. The molecule has 3 nitrogen and oxygen atoms in total. The van der Waals surface area contributed by atoms with Crippen molar-refractivity contribution >= 4 is 17.5 Å². The molecule has 1 aliphatic rings. The zero-order chi connectivity index (χ0) is 14.5. The van der Waals surface area contributed by atoms with Crippen molar-refractivity contribution in [2.75, 3.05) is 26.8 Å². The van der Waals surface area contributed by atoms with Crippen molar-refractivity contribution in [2.24, 2.45) is 5.92 Å².